The molecule has 1 aliphatic heterocycles. The van der Waals surface area contributed by atoms with Crippen molar-refractivity contribution in [3.63, 3.8) is 0 Å². The molecule has 0 spiro atoms. The summed E-state index contributed by atoms with van der Waals surface area (Å²) in [6, 6.07) is 16.6. The first-order chi connectivity index (χ1) is 18.5. The second-order valence-corrected chi connectivity index (χ2v) is 8.78. The fraction of sp³-hybridized carbons (Fsp3) is 0.333. The molecule has 0 bridgehead atoms. The Morgan fingerprint density at radius 2 is 1.76 bits per heavy atom. The first kappa shape index (κ1) is 27.0. The number of carbonyl (C=O) groups is 2. The zero-order chi connectivity index (χ0) is 26.9. The van der Waals surface area contributed by atoms with E-state index in [-0.39, 0.29) is 31.8 Å². The molecule has 0 saturated carbocycles. The van der Waals surface area contributed by atoms with Crippen LogP contribution in [0.5, 0.6) is 17.2 Å². The molecule has 1 heterocycles. The van der Waals surface area contributed by atoms with E-state index < -0.39 is 0 Å². The molecule has 0 aliphatic carbocycles. The molecule has 200 valence electrons. The quantitative estimate of drug-likeness (QED) is 0.178. The average Bonchev–Trinajstić information content (AvgIpc) is 3.41. The highest BCUT2D eigenvalue weighted by Gasteiger charge is 2.18. The van der Waals surface area contributed by atoms with Crippen molar-refractivity contribution in [1.82, 2.24) is 0 Å². The fourth-order valence-electron chi connectivity index (χ4n) is 4.30. The van der Waals surface area contributed by atoms with Crippen molar-refractivity contribution in [1.29, 1.82) is 0 Å². The molecule has 3 aromatic carbocycles. The van der Waals surface area contributed by atoms with Gasteiger partial charge in [-0.1, -0.05) is 19.1 Å². The predicted octanol–water partition coefficient (Wildman–Crippen LogP) is 5.56. The van der Waals surface area contributed by atoms with Crippen LogP contribution in [0.15, 0.2) is 54.6 Å². The van der Waals surface area contributed by atoms with Crippen LogP contribution >= 0.6 is 0 Å². The van der Waals surface area contributed by atoms with Crippen molar-refractivity contribution in [2.45, 2.75) is 39.7 Å². The summed E-state index contributed by atoms with van der Waals surface area (Å²) in [6.07, 6.45) is 1.59. The molecule has 3 aromatic rings. The fourth-order valence-corrected chi connectivity index (χ4v) is 4.30. The number of ketones is 1. The summed E-state index contributed by atoms with van der Waals surface area (Å²) in [5.74, 6) is 1.61. The van der Waals surface area contributed by atoms with Crippen molar-refractivity contribution >= 4 is 17.4 Å². The zero-order valence-electron chi connectivity index (χ0n) is 22.0. The van der Waals surface area contributed by atoms with Crippen LogP contribution < -0.4 is 19.5 Å². The SMILES string of the molecule is CCOC(=O)c1cccc(CCC(=O)c2cc(OCOC)ccc2NCc2cc3c(cc2CC)OCO3)c1. The Morgan fingerprint density at radius 1 is 0.974 bits per heavy atom. The van der Waals surface area contributed by atoms with E-state index in [1.807, 2.05) is 24.3 Å². The van der Waals surface area contributed by atoms with Gasteiger partial charge >= 0.3 is 5.97 Å². The number of aryl methyl sites for hydroxylation is 2. The summed E-state index contributed by atoms with van der Waals surface area (Å²) < 4.78 is 26.8. The highest BCUT2D eigenvalue weighted by atomic mass is 16.7. The molecule has 8 nitrogen and oxygen atoms in total. The Kier molecular flexibility index (Phi) is 9.21. The smallest absolute Gasteiger partial charge is 0.338 e. The first-order valence-corrected chi connectivity index (χ1v) is 12.7. The van der Waals surface area contributed by atoms with Gasteiger partial charge in [-0.15, -0.1) is 0 Å². The largest absolute Gasteiger partial charge is 0.468 e. The maximum absolute atomic E-state index is 13.4. The lowest BCUT2D eigenvalue weighted by Crippen LogP contribution is -2.10. The van der Waals surface area contributed by atoms with E-state index in [4.69, 9.17) is 23.7 Å². The molecule has 0 atom stereocenters. The van der Waals surface area contributed by atoms with E-state index in [9.17, 15) is 9.59 Å². The van der Waals surface area contributed by atoms with E-state index in [1.54, 1.807) is 44.4 Å². The Labute approximate surface area is 222 Å². The highest BCUT2D eigenvalue weighted by Crippen LogP contribution is 2.35. The zero-order valence-corrected chi connectivity index (χ0v) is 22.0. The van der Waals surface area contributed by atoms with Crippen LogP contribution in [-0.2, 0) is 28.9 Å². The van der Waals surface area contributed by atoms with Crippen molar-refractivity contribution in [3.05, 3.63) is 82.4 Å². The van der Waals surface area contributed by atoms with Crippen molar-refractivity contribution in [3.8, 4) is 17.2 Å². The molecule has 1 N–H and O–H groups in total. The third kappa shape index (κ3) is 6.63. The van der Waals surface area contributed by atoms with Crippen LogP contribution in [0.25, 0.3) is 0 Å². The van der Waals surface area contributed by atoms with Gasteiger partial charge in [0.2, 0.25) is 6.79 Å². The number of ether oxygens (including phenoxy) is 5. The van der Waals surface area contributed by atoms with Gasteiger partial charge in [-0.25, -0.2) is 4.79 Å². The molecule has 0 fully saturated rings. The number of methoxy groups -OCH3 is 1. The van der Waals surface area contributed by atoms with E-state index in [0.29, 0.717) is 42.1 Å². The predicted molar refractivity (Wildman–Crippen MR) is 143 cm³/mol. The van der Waals surface area contributed by atoms with E-state index >= 15 is 0 Å². The number of esters is 1. The summed E-state index contributed by atoms with van der Waals surface area (Å²) in [7, 11) is 1.54. The monoisotopic (exact) mass is 519 g/mol. The minimum Gasteiger partial charge on any atom is -0.468 e. The number of carbonyl (C=O) groups excluding carboxylic acids is 2. The van der Waals surface area contributed by atoms with Crippen LogP contribution in [0.3, 0.4) is 0 Å². The number of nitrogens with one attached hydrogen (secondary N) is 1. The molecule has 38 heavy (non-hydrogen) atoms. The number of hydrogen-bond donors (Lipinski definition) is 1. The lowest BCUT2D eigenvalue weighted by Gasteiger charge is -2.16. The highest BCUT2D eigenvalue weighted by molar-refractivity contribution is 6.01. The summed E-state index contributed by atoms with van der Waals surface area (Å²) in [5, 5.41) is 3.43. The molecular weight excluding hydrogens is 486 g/mol. The van der Waals surface area contributed by atoms with Crippen LogP contribution in [0.4, 0.5) is 5.69 Å². The standard InChI is InChI=1S/C30H33NO7/c1-4-21-14-28-29(38-19-37-28)15-23(21)17-31-26-11-10-24(36-18-34-3)16-25(26)27(32)12-9-20-7-6-8-22(13-20)30(33)35-5-2/h6-8,10-11,13-16,31H,4-5,9,12,17-19H2,1-3H3. The van der Waals surface area contributed by atoms with Crippen molar-refractivity contribution < 1.29 is 33.3 Å². The molecule has 0 radical (unpaired) electrons. The van der Waals surface area contributed by atoms with Crippen LogP contribution in [0.1, 0.15) is 57.7 Å². The Bertz CT molecular complexity index is 1290. The number of benzene rings is 3. The van der Waals surface area contributed by atoms with Crippen molar-refractivity contribution in [2.24, 2.45) is 0 Å². The van der Waals surface area contributed by atoms with Gasteiger partial charge in [-0.3, -0.25) is 4.79 Å². The van der Waals surface area contributed by atoms with Crippen molar-refractivity contribution in [2.75, 3.05) is 32.6 Å². The average molecular weight is 520 g/mol. The summed E-state index contributed by atoms with van der Waals surface area (Å²) in [4.78, 5) is 25.5. The lowest BCUT2D eigenvalue weighted by atomic mass is 9.99. The summed E-state index contributed by atoms with van der Waals surface area (Å²) >= 11 is 0. The molecule has 0 aromatic heterocycles. The molecule has 0 amide bonds. The van der Waals surface area contributed by atoms with Crippen LogP contribution in [0.2, 0.25) is 0 Å². The number of Topliss-reactive ketones (excluding diaryl/α,β-unsaturated/α-hetero) is 1. The maximum atomic E-state index is 13.4. The van der Waals surface area contributed by atoms with Gasteiger partial charge in [-0.05, 0) is 78.9 Å². The Balaban J connectivity index is 1.51. The van der Waals surface area contributed by atoms with Gasteiger partial charge < -0.3 is 29.0 Å². The van der Waals surface area contributed by atoms with Gasteiger partial charge in [0, 0.05) is 31.3 Å². The second kappa shape index (κ2) is 13.0. The van der Waals surface area contributed by atoms with Gasteiger partial charge in [0.25, 0.3) is 0 Å². The normalized spacial score (nSPS) is 11.8. The van der Waals surface area contributed by atoms with Gasteiger partial charge in [0.05, 0.1) is 12.2 Å². The lowest BCUT2D eigenvalue weighted by molar-refractivity contribution is 0.0509. The molecule has 4 rings (SSSR count). The minimum atomic E-state index is -0.370. The maximum Gasteiger partial charge on any atom is 0.338 e. The first-order valence-electron chi connectivity index (χ1n) is 12.7. The minimum absolute atomic E-state index is 0.0432. The van der Waals surface area contributed by atoms with Gasteiger partial charge in [-0.2, -0.15) is 0 Å². The van der Waals surface area contributed by atoms with E-state index in [0.717, 1.165) is 34.6 Å². The Hall–Kier alpha value is -4.04. The number of rotatable bonds is 13. The molecule has 0 saturated heterocycles. The molecule has 1 aliphatic rings. The number of hydrogen-bond acceptors (Lipinski definition) is 8. The van der Waals surface area contributed by atoms with Gasteiger partial charge in [0.1, 0.15) is 5.75 Å². The van der Waals surface area contributed by atoms with Gasteiger partial charge in [0.15, 0.2) is 24.1 Å². The molecule has 8 heteroatoms. The van der Waals surface area contributed by atoms with E-state index in [2.05, 4.69) is 12.2 Å². The van der Waals surface area contributed by atoms with E-state index in [1.165, 1.54) is 0 Å². The van der Waals surface area contributed by atoms with Crippen LogP contribution in [0, 0.1) is 0 Å². The topological polar surface area (TPSA) is 92.3 Å². The van der Waals surface area contributed by atoms with Crippen LogP contribution in [-0.4, -0.2) is 39.1 Å². The molecule has 0 unspecified atom stereocenters. The summed E-state index contributed by atoms with van der Waals surface area (Å²) in [5.41, 5.74) is 4.82. The third-order valence-electron chi connectivity index (χ3n) is 6.26. The third-order valence-corrected chi connectivity index (χ3v) is 6.26. The number of anilines is 1. The summed E-state index contributed by atoms with van der Waals surface area (Å²) in [6.45, 7) is 4.99. The Morgan fingerprint density at radius 3 is 2.50 bits per heavy atom. The second-order valence-electron chi connectivity index (χ2n) is 8.78. The molecular formula is C30H33NO7. The number of fused-ring (bicyclic) bond motifs is 1.